The Balaban J connectivity index is 2.63. The minimum Gasteiger partial charge on any atom is -0.506 e. The lowest BCUT2D eigenvalue weighted by molar-refractivity contribution is -0.135. The molecular weight excluding hydrogens is 434 g/mol. The van der Waals surface area contributed by atoms with Gasteiger partial charge in [0.05, 0.1) is 13.2 Å². The van der Waals surface area contributed by atoms with Gasteiger partial charge in [0, 0.05) is 18.7 Å². The normalized spacial score (nSPS) is 10.5. The monoisotopic (exact) mass is 453 g/mol. The summed E-state index contributed by atoms with van der Waals surface area (Å²) in [5, 5.41) is 34.3. The average Bonchev–Trinajstić information content (AvgIpc) is 2.71. The van der Waals surface area contributed by atoms with Crippen LogP contribution >= 0.6 is 11.6 Å². The Hall–Kier alpha value is -3.57. The van der Waals surface area contributed by atoms with E-state index in [1.807, 2.05) is 5.32 Å². The van der Waals surface area contributed by atoms with Crippen molar-refractivity contribution in [3.63, 3.8) is 0 Å². The van der Waals surface area contributed by atoms with E-state index in [1.54, 1.807) is 18.2 Å². The van der Waals surface area contributed by atoms with Crippen molar-refractivity contribution in [2.75, 3.05) is 26.8 Å². The van der Waals surface area contributed by atoms with Gasteiger partial charge in [-0.1, -0.05) is 29.8 Å². The lowest BCUT2D eigenvalue weighted by atomic mass is 10.1. The van der Waals surface area contributed by atoms with Crippen LogP contribution in [-0.4, -0.2) is 64.5 Å². The number of halogens is 1. The Kier molecular flexibility index (Phi) is 8.00. The van der Waals surface area contributed by atoms with E-state index < -0.39 is 52.6 Å². The molecule has 0 aliphatic rings. The van der Waals surface area contributed by atoms with E-state index in [1.165, 1.54) is 13.2 Å². The van der Waals surface area contributed by atoms with Crippen LogP contribution in [0.4, 0.5) is 0 Å². The predicted molar refractivity (Wildman–Crippen MR) is 109 cm³/mol. The molecular formula is C19H20ClN3O8. The topological polar surface area (TPSA) is 167 Å². The van der Waals surface area contributed by atoms with Gasteiger partial charge in [-0.2, -0.15) is 0 Å². The summed E-state index contributed by atoms with van der Waals surface area (Å²) in [5.74, 6) is -5.64. The van der Waals surface area contributed by atoms with Crippen molar-refractivity contribution in [1.29, 1.82) is 0 Å². The highest BCUT2D eigenvalue weighted by molar-refractivity contribution is 6.31. The molecule has 2 amide bonds. The zero-order valence-corrected chi connectivity index (χ0v) is 17.1. The Labute approximate surface area is 180 Å². The van der Waals surface area contributed by atoms with Crippen molar-refractivity contribution in [1.82, 2.24) is 15.2 Å². The summed E-state index contributed by atoms with van der Waals surface area (Å²) in [4.78, 5) is 48.6. The number of hydrogen-bond donors (Lipinski definition) is 5. The van der Waals surface area contributed by atoms with Gasteiger partial charge in [-0.3, -0.25) is 23.7 Å². The molecule has 1 heterocycles. The van der Waals surface area contributed by atoms with Gasteiger partial charge in [-0.05, 0) is 11.6 Å². The van der Waals surface area contributed by atoms with Crippen LogP contribution in [-0.2, 0) is 16.1 Å². The molecule has 166 valence electrons. The first kappa shape index (κ1) is 23.7. The number of benzene rings is 1. The number of rotatable bonds is 9. The number of aliphatic carboxylic acids is 1. The maximum absolute atomic E-state index is 12.9. The number of pyridine rings is 1. The van der Waals surface area contributed by atoms with Crippen LogP contribution in [0, 0.1) is 0 Å². The van der Waals surface area contributed by atoms with Gasteiger partial charge in [0.15, 0.2) is 5.75 Å². The summed E-state index contributed by atoms with van der Waals surface area (Å²) in [5.41, 5.74) is -2.33. The van der Waals surface area contributed by atoms with E-state index in [2.05, 4.69) is 5.32 Å². The first-order valence-electron chi connectivity index (χ1n) is 8.88. The van der Waals surface area contributed by atoms with Crippen molar-refractivity contribution in [3.05, 3.63) is 56.3 Å². The zero-order valence-electron chi connectivity index (χ0n) is 16.3. The van der Waals surface area contributed by atoms with Gasteiger partial charge in [0.1, 0.15) is 17.7 Å². The summed E-state index contributed by atoms with van der Waals surface area (Å²) in [6.07, 6.45) is 0. The first-order chi connectivity index (χ1) is 14.7. The Morgan fingerprint density at radius 1 is 1.10 bits per heavy atom. The van der Waals surface area contributed by atoms with Crippen molar-refractivity contribution >= 4 is 29.4 Å². The molecule has 5 N–H and O–H groups in total. The summed E-state index contributed by atoms with van der Waals surface area (Å²) in [6, 6.07) is 6.37. The molecule has 0 fully saturated rings. The van der Waals surface area contributed by atoms with E-state index in [0.29, 0.717) is 10.1 Å². The van der Waals surface area contributed by atoms with Gasteiger partial charge in [-0.25, -0.2) is 0 Å². The van der Waals surface area contributed by atoms with Crippen LogP contribution in [0.1, 0.15) is 26.3 Å². The van der Waals surface area contributed by atoms with Crippen LogP contribution < -0.4 is 16.2 Å². The van der Waals surface area contributed by atoms with Crippen molar-refractivity contribution in [2.24, 2.45) is 0 Å². The number of nitrogens with one attached hydrogen (secondary N) is 2. The van der Waals surface area contributed by atoms with Gasteiger partial charge in [-0.15, -0.1) is 0 Å². The molecule has 0 aliphatic carbocycles. The molecule has 12 heteroatoms. The van der Waals surface area contributed by atoms with E-state index in [0.717, 1.165) is 0 Å². The molecule has 11 nitrogen and oxygen atoms in total. The fourth-order valence-corrected chi connectivity index (χ4v) is 2.85. The summed E-state index contributed by atoms with van der Waals surface area (Å²) < 4.78 is 5.49. The number of carbonyl (C=O) groups excluding carboxylic acids is 2. The van der Waals surface area contributed by atoms with Crippen LogP contribution in [0.5, 0.6) is 11.6 Å². The minimum atomic E-state index is -1.38. The number of aromatic hydroxyl groups is 2. The summed E-state index contributed by atoms with van der Waals surface area (Å²) in [7, 11) is 1.39. The van der Waals surface area contributed by atoms with Gasteiger partial charge < -0.3 is 30.7 Å². The SMILES string of the molecule is COCCNC(=O)c1c(O)c(C(=O)NCC(=O)O)c(O)n(Cc2ccccc2Cl)c1=O. The van der Waals surface area contributed by atoms with Gasteiger partial charge >= 0.3 is 5.97 Å². The van der Waals surface area contributed by atoms with Gasteiger partial charge in [0.2, 0.25) is 5.88 Å². The number of carboxylic acid groups (broad SMARTS) is 1. The molecule has 0 bridgehead atoms. The molecule has 0 unspecified atom stereocenters. The molecule has 0 saturated heterocycles. The molecule has 0 saturated carbocycles. The quantitative estimate of drug-likeness (QED) is 0.334. The molecule has 2 aromatic rings. The highest BCUT2D eigenvalue weighted by Gasteiger charge is 2.30. The Bertz CT molecular complexity index is 1070. The molecule has 2 rings (SSSR count). The minimum absolute atomic E-state index is 0.000146. The lowest BCUT2D eigenvalue weighted by Gasteiger charge is -2.17. The second-order valence-corrected chi connectivity index (χ2v) is 6.64. The van der Waals surface area contributed by atoms with E-state index >= 15 is 0 Å². The van der Waals surface area contributed by atoms with Crippen LogP contribution in [0.3, 0.4) is 0 Å². The molecule has 0 spiro atoms. The Morgan fingerprint density at radius 3 is 2.35 bits per heavy atom. The second-order valence-electron chi connectivity index (χ2n) is 6.23. The fraction of sp³-hybridized carbons (Fsp3) is 0.263. The number of hydrogen-bond acceptors (Lipinski definition) is 7. The summed E-state index contributed by atoms with van der Waals surface area (Å²) >= 11 is 6.10. The molecule has 1 aromatic carbocycles. The van der Waals surface area contributed by atoms with E-state index in [9.17, 15) is 29.4 Å². The highest BCUT2D eigenvalue weighted by atomic mass is 35.5. The van der Waals surface area contributed by atoms with Crippen LogP contribution in [0.2, 0.25) is 5.02 Å². The second kappa shape index (κ2) is 10.5. The zero-order chi connectivity index (χ0) is 23.1. The maximum Gasteiger partial charge on any atom is 0.322 e. The molecule has 0 atom stereocenters. The molecule has 0 radical (unpaired) electrons. The van der Waals surface area contributed by atoms with Gasteiger partial charge in [0.25, 0.3) is 17.4 Å². The maximum atomic E-state index is 12.9. The van der Waals surface area contributed by atoms with Crippen molar-refractivity contribution < 1.29 is 34.4 Å². The number of amides is 2. The molecule has 1 aromatic heterocycles. The predicted octanol–water partition coefficient (Wildman–Crippen LogP) is 0.152. The third-order valence-electron chi connectivity index (χ3n) is 4.14. The number of carbonyl (C=O) groups is 3. The van der Waals surface area contributed by atoms with Crippen LogP contribution in [0.25, 0.3) is 0 Å². The van der Waals surface area contributed by atoms with Crippen LogP contribution in [0.15, 0.2) is 29.1 Å². The first-order valence-corrected chi connectivity index (χ1v) is 9.26. The standard InChI is InChI=1S/C19H20ClN3O8/c1-31-7-6-21-16(27)13-15(26)14(17(28)22-8-12(24)25)19(30)23(18(13)29)9-10-4-2-3-5-11(10)20/h2-5,26,30H,6-9H2,1H3,(H,21,27)(H,22,28)(H,24,25). The third kappa shape index (κ3) is 5.53. The highest BCUT2D eigenvalue weighted by Crippen LogP contribution is 2.29. The lowest BCUT2D eigenvalue weighted by Crippen LogP contribution is -2.37. The number of nitrogens with zero attached hydrogens (tertiary/aromatic N) is 1. The third-order valence-corrected chi connectivity index (χ3v) is 4.51. The largest absolute Gasteiger partial charge is 0.506 e. The fourth-order valence-electron chi connectivity index (χ4n) is 2.65. The smallest absolute Gasteiger partial charge is 0.322 e. The molecule has 31 heavy (non-hydrogen) atoms. The number of carboxylic acids is 1. The number of methoxy groups -OCH3 is 1. The molecule has 0 aliphatic heterocycles. The summed E-state index contributed by atoms with van der Waals surface area (Å²) in [6.45, 7) is -1.04. The number of ether oxygens (including phenoxy) is 1. The Morgan fingerprint density at radius 2 is 1.74 bits per heavy atom. The van der Waals surface area contributed by atoms with Crippen molar-refractivity contribution in [2.45, 2.75) is 6.54 Å². The van der Waals surface area contributed by atoms with Crippen molar-refractivity contribution in [3.8, 4) is 11.6 Å². The average molecular weight is 454 g/mol. The van der Waals surface area contributed by atoms with E-state index in [4.69, 9.17) is 21.4 Å². The number of aromatic nitrogens is 1. The van der Waals surface area contributed by atoms with E-state index in [-0.39, 0.29) is 24.7 Å².